The number of hydrogen-bond acceptors (Lipinski definition) is 7. The van der Waals surface area contributed by atoms with Crippen molar-refractivity contribution in [2.45, 2.75) is 43.8 Å². The second-order valence-electron chi connectivity index (χ2n) is 6.22. The Morgan fingerprint density at radius 3 is 2.00 bits per heavy atom. The van der Waals surface area contributed by atoms with Gasteiger partial charge in [0.15, 0.2) is 0 Å². The van der Waals surface area contributed by atoms with Crippen LogP contribution in [-0.2, 0) is 28.8 Å². The number of primary amides is 2. The van der Waals surface area contributed by atoms with E-state index in [2.05, 4.69) is 16.0 Å². The van der Waals surface area contributed by atoms with Crippen molar-refractivity contribution < 1.29 is 33.9 Å². The second kappa shape index (κ2) is 10.8. The molecule has 1 rings (SSSR count). The number of amides is 5. The van der Waals surface area contributed by atoms with E-state index in [9.17, 15) is 28.8 Å². The minimum Gasteiger partial charge on any atom is -0.480 e. The van der Waals surface area contributed by atoms with Gasteiger partial charge < -0.3 is 37.8 Å². The van der Waals surface area contributed by atoms with E-state index in [0.29, 0.717) is 13.0 Å². The number of hydrogen-bond donors (Lipinski definition) is 7. The smallest absolute Gasteiger partial charge is 0.322 e. The summed E-state index contributed by atoms with van der Waals surface area (Å²) in [6.07, 6.45) is 0.177. The summed E-state index contributed by atoms with van der Waals surface area (Å²) >= 11 is 0. The van der Waals surface area contributed by atoms with Crippen LogP contribution in [0.4, 0.5) is 0 Å². The molecule has 0 aromatic heterocycles. The van der Waals surface area contributed by atoms with Crippen LogP contribution < -0.4 is 32.7 Å². The average molecular weight is 400 g/mol. The van der Waals surface area contributed by atoms with Crippen LogP contribution in [0.5, 0.6) is 0 Å². The van der Waals surface area contributed by atoms with Crippen molar-refractivity contribution >= 4 is 35.5 Å². The maximum atomic E-state index is 12.5. The highest BCUT2D eigenvalue weighted by atomic mass is 16.4. The molecule has 3 unspecified atom stereocenters. The van der Waals surface area contributed by atoms with Gasteiger partial charge in [0.05, 0.1) is 18.9 Å². The topological polar surface area (TPSA) is 223 Å². The van der Waals surface area contributed by atoms with Crippen LogP contribution in [0, 0.1) is 0 Å². The molecule has 1 heterocycles. The number of aliphatic carboxylic acids is 1. The summed E-state index contributed by atoms with van der Waals surface area (Å²) in [7, 11) is 0. The van der Waals surface area contributed by atoms with Crippen molar-refractivity contribution in [1.29, 1.82) is 0 Å². The van der Waals surface area contributed by atoms with Crippen molar-refractivity contribution in [2.24, 2.45) is 11.5 Å². The number of nitrogens with one attached hydrogen (secondary N) is 4. The molecule has 5 amide bonds. The molecule has 1 fully saturated rings. The first-order chi connectivity index (χ1) is 13.1. The number of carbonyl (C=O) groups excluding carboxylic acids is 5. The molecule has 0 bridgehead atoms. The lowest BCUT2D eigenvalue weighted by atomic mass is 10.1. The standard InChI is InChI=1S/C15H24N6O7/c16-10(22)4-8(13(26)19-6-12(24)25)20-15(28)9(5-11(17)23)21-14(27)7-2-1-3-18-7/h7-9,18H,1-6H2,(H2,16,22)(H2,17,23)(H,19,26)(H,20,28)(H,21,27)(H,24,25). The van der Waals surface area contributed by atoms with E-state index in [1.807, 2.05) is 5.32 Å². The lowest BCUT2D eigenvalue weighted by Crippen LogP contribution is -2.57. The first-order valence-corrected chi connectivity index (χ1v) is 8.50. The molecule has 0 aromatic rings. The molecule has 28 heavy (non-hydrogen) atoms. The van der Waals surface area contributed by atoms with Gasteiger partial charge in [-0.15, -0.1) is 0 Å². The van der Waals surface area contributed by atoms with Crippen LogP contribution in [-0.4, -0.2) is 71.8 Å². The maximum absolute atomic E-state index is 12.5. The van der Waals surface area contributed by atoms with Gasteiger partial charge in [0.2, 0.25) is 29.5 Å². The summed E-state index contributed by atoms with van der Waals surface area (Å²) in [6, 6.07) is -3.39. The van der Waals surface area contributed by atoms with E-state index in [-0.39, 0.29) is 0 Å². The fourth-order valence-corrected chi connectivity index (χ4v) is 2.56. The van der Waals surface area contributed by atoms with E-state index in [1.165, 1.54) is 0 Å². The third-order valence-corrected chi connectivity index (χ3v) is 3.87. The number of nitrogens with two attached hydrogens (primary N) is 2. The van der Waals surface area contributed by atoms with Crippen molar-refractivity contribution in [1.82, 2.24) is 21.3 Å². The Labute approximate surface area is 159 Å². The number of carboxylic acids is 1. The average Bonchev–Trinajstić information content (AvgIpc) is 3.12. The van der Waals surface area contributed by atoms with E-state index >= 15 is 0 Å². The summed E-state index contributed by atoms with van der Waals surface area (Å²) in [5, 5.41) is 18.1. The van der Waals surface area contributed by atoms with Gasteiger partial charge in [-0.3, -0.25) is 28.8 Å². The van der Waals surface area contributed by atoms with Crippen molar-refractivity contribution in [3.8, 4) is 0 Å². The highest BCUT2D eigenvalue weighted by Crippen LogP contribution is 2.06. The van der Waals surface area contributed by atoms with E-state index in [1.54, 1.807) is 0 Å². The Kier molecular flexibility index (Phi) is 8.81. The maximum Gasteiger partial charge on any atom is 0.322 e. The molecule has 13 nitrogen and oxygen atoms in total. The molecule has 0 aromatic carbocycles. The van der Waals surface area contributed by atoms with Crippen molar-refractivity contribution in [3.63, 3.8) is 0 Å². The highest BCUT2D eigenvalue weighted by molar-refractivity contribution is 5.97. The Balaban J connectivity index is 2.82. The van der Waals surface area contributed by atoms with E-state index in [4.69, 9.17) is 16.6 Å². The fourth-order valence-electron chi connectivity index (χ4n) is 2.56. The fraction of sp³-hybridized carbons (Fsp3) is 0.600. The second-order valence-corrected chi connectivity index (χ2v) is 6.22. The van der Waals surface area contributed by atoms with Gasteiger partial charge in [0, 0.05) is 0 Å². The number of rotatable bonds is 11. The molecule has 0 spiro atoms. The summed E-state index contributed by atoms with van der Waals surface area (Å²) < 4.78 is 0. The normalized spacial score (nSPS) is 17.8. The highest BCUT2D eigenvalue weighted by Gasteiger charge is 2.31. The minimum absolute atomic E-state index is 0.513. The molecule has 156 valence electrons. The van der Waals surface area contributed by atoms with Gasteiger partial charge in [-0.1, -0.05) is 0 Å². The summed E-state index contributed by atoms with van der Waals surface area (Å²) in [5.74, 6) is -5.55. The number of carboxylic acid groups (broad SMARTS) is 1. The Morgan fingerprint density at radius 1 is 0.964 bits per heavy atom. The molecule has 3 atom stereocenters. The first-order valence-electron chi connectivity index (χ1n) is 8.50. The van der Waals surface area contributed by atoms with Crippen LogP contribution in [0.3, 0.4) is 0 Å². The van der Waals surface area contributed by atoms with Gasteiger partial charge in [0.1, 0.15) is 18.6 Å². The lowest BCUT2D eigenvalue weighted by Gasteiger charge is -2.23. The predicted molar refractivity (Wildman–Crippen MR) is 93.2 cm³/mol. The molecule has 13 heteroatoms. The van der Waals surface area contributed by atoms with Crippen LogP contribution in [0.15, 0.2) is 0 Å². The van der Waals surface area contributed by atoms with Crippen LogP contribution >= 0.6 is 0 Å². The zero-order valence-electron chi connectivity index (χ0n) is 15.0. The summed E-state index contributed by atoms with van der Waals surface area (Å²) in [4.78, 5) is 69.6. The third-order valence-electron chi connectivity index (χ3n) is 3.87. The monoisotopic (exact) mass is 400 g/mol. The summed E-state index contributed by atoms with van der Waals surface area (Å²) in [5.41, 5.74) is 10.2. The van der Waals surface area contributed by atoms with Gasteiger partial charge in [-0.05, 0) is 19.4 Å². The zero-order valence-corrected chi connectivity index (χ0v) is 15.0. The third kappa shape index (κ3) is 7.99. The first kappa shape index (κ1) is 22.8. The SMILES string of the molecule is NC(=O)CC(NC(=O)C(CC(N)=O)NC(=O)C1CCCN1)C(=O)NCC(=O)O. The van der Waals surface area contributed by atoms with Crippen molar-refractivity contribution in [2.75, 3.05) is 13.1 Å². The van der Waals surface area contributed by atoms with Crippen LogP contribution in [0.1, 0.15) is 25.7 Å². The molecule has 1 aliphatic heterocycles. The van der Waals surface area contributed by atoms with Gasteiger partial charge >= 0.3 is 5.97 Å². The predicted octanol–water partition coefficient (Wildman–Crippen LogP) is -4.34. The van der Waals surface area contributed by atoms with Gasteiger partial charge in [0.25, 0.3) is 0 Å². The molecule has 1 aliphatic rings. The van der Waals surface area contributed by atoms with Crippen LogP contribution in [0.25, 0.3) is 0 Å². The molecule has 9 N–H and O–H groups in total. The molecule has 0 radical (unpaired) electrons. The molecule has 0 saturated carbocycles. The lowest BCUT2D eigenvalue weighted by molar-refractivity contribution is -0.139. The molecule has 0 aliphatic carbocycles. The van der Waals surface area contributed by atoms with Crippen molar-refractivity contribution in [3.05, 3.63) is 0 Å². The molecule has 1 saturated heterocycles. The minimum atomic E-state index is -1.48. The largest absolute Gasteiger partial charge is 0.480 e. The molecular formula is C15H24N6O7. The Morgan fingerprint density at radius 2 is 1.54 bits per heavy atom. The van der Waals surface area contributed by atoms with Crippen LogP contribution in [0.2, 0.25) is 0 Å². The Hall–Kier alpha value is -3.22. The Bertz CT molecular complexity index is 647. The summed E-state index contributed by atoms with van der Waals surface area (Å²) in [6.45, 7) is -0.103. The van der Waals surface area contributed by atoms with Gasteiger partial charge in [-0.2, -0.15) is 0 Å². The molecular weight excluding hydrogens is 376 g/mol. The van der Waals surface area contributed by atoms with E-state index < -0.39 is 73.0 Å². The number of carbonyl (C=O) groups is 6. The van der Waals surface area contributed by atoms with Gasteiger partial charge in [-0.25, -0.2) is 0 Å². The quantitative estimate of drug-likeness (QED) is 0.179. The van der Waals surface area contributed by atoms with E-state index in [0.717, 1.165) is 6.42 Å². The zero-order chi connectivity index (χ0) is 21.3.